The van der Waals surface area contributed by atoms with Crippen LogP contribution >= 0.6 is 11.8 Å². The highest BCUT2D eigenvalue weighted by molar-refractivity contribution is 7.98. The van der Waals surface area contributed by atoms with E-state index in [2.05, 4.69) is 38.9 Å². The number of carbonyl (C=O) groups is 1. The summed E-state index contributed by atoms with van der Waals surface area (Å²) < 4.78 is 8.00. The van der Waals surface area contributed by atoms with Crippen molar-refractivity contribution in [2.24, 2.45) is 0 Å². The Kier molecular flexibility index (Phi) is 4.35. The van der Waals surface area contributed by atoms with Crippen molar-refractivity contribution in [2.45, 2.75) is 36.8 Å². The summed E-state index contributed by atoms with van der Waals surface area (Å²) in [5.74, 6) is 1.70. The summed E-state index contributed by atoms with van der Waals surface area (Å²) in [6, 6.07) is 7.84. The Hall–Kier alpha value is -2.48. The van der Waals surface area contributed by atoms with E-state index in [9.17, 15) is 4.79 Å². The van der Waals surface area contributed by atoms with E-state index in [1.807, 2.05) is 17.0 Å². The molecule has 130 valence electrons. The molecule has 3 aromatic heterocycles. The number of aromatic nitrogens is 4. The van der Waals surface area contributed by atoms with Crippen LogP contribution in [-0.2, 0) is 12.3 Å². The molecule has 0 aliphatic carbocycles. The molecule has 1 atom stereocenters. The summed E-state index contributed by atoms with van der Waals surface area (Å²) in [6.45, 7) is 3.62. The molecular formula is C17H19N5O2S. The maximum Gasteiger partial charge on any atom is 0.290 e. The summed E-state index contributed by atoms with van der Waals surface area (Å²) in [5.41, 5.74) is 1.19. The molecule has 0 saturated carbocycles. The van der Waals surface area contributed by atoms with Crippen molar-refractivity contribution in [2.75, 3.05) is 6.54 Å². The second-order valence-corrected chi connectivity index (χ2v) is 6.86. The highest BCUT2D eigenvalue weighted by atomic mass is 32.2. The van der Waals surface area contributed by atoms with Crippen LogP contribution in [0.3, 0.4) is 0 Å². The minimum Gasteiger partial charge on any atom is -0.455 e. The van der Waals surface area contributed by atoms with Gasteiger partial charge >= 0.3 is 0 Å². The lowest BCUT2D eigenvalue weighted by molar-refractivity contribution is 0.0584. The highest BCUT2D eigenvalue weighted by Crippen LogP contribution is 2.30. The van der Waals surface area contributed by atoms with E-state index in [1.165, 1.54) is 23.8 Å². The van der Waals surface area contributed by atoms with E-state index in [0.717, 1.165) is 23.9 Å². The largest absolute Gasteiger partial charge is 0.455 e. The van der Waals surface area contributed by atoms with Crippen molar-refractivity contribution in [3.8, 4) is 0 Å². The number of hydrogen-bond donors (Lipinski definition) is 1. The zero-order chi connectivity index (χ0) is 17.2. The van der Waals surface area contributed by atoms with Crippen molar-refractivity contribution >= 4 is 17.7 Å². The fourth-order valence-corrected chi connectivity index (χ4v) is 3.93. The quantitative estimate of drug-likeness (QED) is 0.710. The number of thioether (sulfide) groups is 1. The monoisotopic (exact) mass is 357 g/mol. The molecule has 25 heavy (non-hydrogen) atoms. The average Bonchev–Trinajstić information content (AvgIpc) is 3.39. The van der Waals surface area contributed by atoms with E-state index in [4.69, 9.17) is 4.42 Å². The molecule has 1 aliphatic rings. The number of aromatic amines is 1. The van der Waals surface area contributed by atoms with E-state index in [1.54, 1.807) is 6.07 Å². The molecule has 3 aromatic rings. The van der Waals surface area contributed by atoms with E-state index in [0.29, 0.717) is 18.1 Å². The van der Waals surface area contributed by atoms with E-state index >= 15 is 0 Å². The highest BCUT2D eigenvalue weighted by Gasteiger charge is 2.31. The van der Waals surface area contributed by atoms with Crippen LogP contribution in [0.4, 0.5) is 0 Å². The summed E-state index contributed by atoms with van der Waals surface area (Å²) >= 11 is 1.49. The number of fused-ring (bicyclic) bond motifs is 1. The van der Waals surface area contributed by atoms with Gasteiger partial charge in [0.1, 0.15) is 12.1 Å². The van der Waals surface area contributed by atoms with Gasteiger partial charge in [-0.3, -0.25) is 9.89 Å². The molecule has 0 saturated heterocycles. The number of H-pyrrole nitrogens is 1. The standard InChI is InChI=1S/C17H19N5O2S/c1-2-13-14-4-3-7-21(14)8-9-22(13)16(23)15-6-5-12(24-15)10-25-17-18-11-19-20-17/h3-7,11,13H,2,8-10H2,1H3,(H,18,19,20)/t13-/m1/s1. The van der Waals surface area contributed by atoms with Gasteiger partial charge in [-0.1, -0.05) is 18.7 Å². The Labute approximate surface area is 149 Å². The lowest BCUT2D eigenvalue weighted by Gasteiger charge is -2.36. The molecule has 7 nitrogen and oxygen atoms in total. The first kappa shape index (κ1) is 16.0. The number of nitrogens with zero attached hydrogens (tertiary/aromatic N) is 4. The predicted molar refractivity (Wildman–Crippen MR) is 93.2 cm³/mol. The van der Waals surface area contributed by atoms with Crippen molar-refractivity contribution in [3.63, 3.8) is 0 Å². The molecule has 4 heterocycles. The summed E-state index contributed by atoms with van der Waals surface area (Å²) in [6.07, 6.45) is 4.42. The van der Waals surface area contributed by atoms with Gasteiger partial charge in [-0.05, 0) is 30.7 Å². The average molecular weight is 357 g/mol. The zero-order valence-electron chi connectivity index (χ0n) is 13.9. The minimum absolute atomic E-state index is 0.0461. The number of hydrogen-bond acceptors (Lipinski definition) is 5. The van der Waals surface area contributed by atoms with Crippen molar-refractivity contribution < 1.29 is 9.21 Å². The van der Waals surface area contributed by atoms with Crippen LogP contribution in [0.5, 0.6) is 0 Å². The van der Waals surface area contributed by atoms with Gasteiger partial charge in [0.05, 0.1) is 11.8 Å². The minimum atomic E-state index is -0.0461. The Morgan fingerprint density at radius 2 is 2.32 bits per heavy atom. The molecule has 0 bridgehead atoms. The Bertz CT molecular complexity index is 854. The fourth-order valence-electron chi connectivity index (χ4n) is 3.25. The van der Waals surface area contributed by atoms with Gasteiger partial charge in [0, 0.05) is 25.0 Å². The zero-order valence-corrected chi connectivity index (χ0v) is 14.7. The summed E-state index contributed by atoms with van der Waals surface area (Å²) in [7, 11) is 0. The first-order valence-electron chi connectivity index (χ1n) is 8.29. The lowest BCUT2D eigenvalue weighted by Crippen LogP contribution is -2.41. The smallest absolute Gasteiger partial charge is 0.290 e. The van der Waals surface area contributed by atoms with Gasteiger partial charge in [-0.25, -0.2) is 4.98 Å². The Morgan fingerprint density at radius 3 is 3.12 bits per heavy atom. The van der Waals surface area contributed by atoms with E-state index < -0.39 is 0 Å². The van der Waals surface area contributed by atoms with Gasteiger partial charge in [0.25, 0.3) is 5.91 Å². The van der Waals surface area contributed by atoms with Crippen LogP contribution in [0.1, 0.15) is 41.4 Å². The van der Waals surface area contributed by atoms with Crippen molar-refractivity contribution in [1.29, 1.82) is 0 Å². The van der Waals surface area contributed by atoms with Gasteiger partial charge in [-0.15, -0.1) is 0 Å². The molecule has 4 rings (SSSR count). The van der Waals surface area contributed by atoms with Gasteiger partial charge in [0.2, 0.25) is 0 Å². The van der Waals surface area contributed by atoms with Gasteiger partial charge in [0.15, 0.2) is 10.9 Å². The van der Waals surface area contributed by atoms with Crippen LogP contribution in [-0.4, -0.2) is 37.1 Å². The molecule has 1 amide bonds. The van der Waals surface area contributed by atoms with E-state index in [-0.39, 0.29) is 11.9 Å². The van der Waals surface area contributed by atoms with Crippen LogP contribution in [0.2, 0.25) is 0 Å². The molecule has 0 fully saturated rings. The van der Waals surface area contributed by atoms with Crippen LogP contribution in [0, 0.1) is 0 Å². The fraction of sp³-hybridized carbons (Fsp3) is 0.353. The number of carbonyl (C=O) groups excluding carboxylic acids is 1. The first-order chi connectivity index (χ1) is 12.3. The lowest BCUT2D eigenvalue weighted by atomic mass is 10.1. The molecule has 1 N–H and O–H groups in total. The topological polar surface area (TPSA) is 80.0 Å². The van der Waals surface area contributed by atoms with Crippen LogP contribution in [0.25, 0.3) is 0 Å². The Morgan fingerprint density at radius 1 is 1.40 bits per heavy atom. The summed E-state index contributed by atoms with van der Waals surface area (Å²) in [5, 5.41) is 7.33. The third kappa shape index (κ3) is 3.09. The molecule has 0 radical (unpaired) electrons. The summed E-state index contributed by atoms with van der Waals surface area (Å²) in [4.78, 5) is 18.9. The second-order valence-electron chi connectivity index (χ2n) is 5.89. The SMILES string of the molecule is CC[C@@H]1c2cccn2CCN1C(=O)c1ccc(CSc2ncn[nH]2)o1. The number of amides is 1. The second kappa shape index (κ2) is 6.79. The number of nitrogens with one attached hydrogen (secondary N) is 1. The number of rotatable bonds is 5. The van der Waals surface area contributed by atoms with Crippen LogP contribution < -0.4 is 0 Å². The Balaban J connectivity index is 1.47. The van der Waals surface area contributed by atoms with Gasteiger partial charge < -0.3 is 13.9 Å². The molecule has 0 unspecified atom stereocenters. The molecule has 8 heteroatoms. The molecule has 0 spiro atoms. The molecular weight excluding hydrogens is 338 g/mol. The first-order valence-corrected chi connectivity index (χ1v) is 9.27. The normalized spacial score (nSPS) is 16.8. The predicted octanol–water partition coefficient (Wildman–Crippen LogP) is 3.10. The van der Waals surface area contributed by atoms with Crippen molar-refractivity contribution in [1.82, 2.24) is 24.6 Å². The van der Waals surface area contributed by atoms with Gasteiger partial charge in [-0.2, -0.15) is 5.10 Å². The third-order valence-electron chi connectivity index (χ3n) is 4.43. The number of furan rings is 1. The maximum atomic E-state index is 12.9. The van der Waals surface area contributed by atoms with Crippen LogP contribution in [0.15, 0.2) is 46.4 Å². The molecule has 0 aromatic carbocycles. The third-order valence-corrected chi connectivity index (χ3v) is 5.33. The molecule has 1 aliphatic heterocycles. The maximum absolute atomic E-state index is 12.9. The van der Waals surface area contributed by atoms with Crippen molar-refractivity contribution in [3.05, 3.63) is 54.0 Å².